The number of rotatable bonds is 12. The van der Waals surface area contributed by atoms with Crippen molar-refractivity contribution in [3.63, 3.8) is 0 Å². The molecule has 182 valence electrons. The van der Waals surface area contributed by atoms with Crippen molar-refractivity contribution in [1.29, 1.82) is 0 Å². The first-order valence-corrected chi connectivity index (χ1v) is 11.5. The number of sulfonamides is 1. The van der Waals surface area contributed by atoms with Gasteiger partial charge in [0.25, 0.3) is 10.0 Å². The fourth-order valence-corrected chi connectivity index (χ4v) is 4.53. The van der Waals surface area contributed by atoms with Crippen molar-refractivity contribution < 1.29 is 41.1 Å². The summed E-state index contributed by atoms with van der Waals surface area (Å²) in [6, 6.07) is 10.3. The van der Waals surface area contributed by atoms with Crippen LogP contribution in [0.4, 0.5) is 18.9 Å². The van der Waals surface area contributed by atoms with Gasteiger partial charge in [0.2, 0.25) is 5.91 Å². The second kappa shape index (κ2) is 11.8. The van der Waals surface area contributed by atoms with E-state index in [1.165, 1.54) is 11.4 Å². The molecule has 2 aromatic rings. The standard InChI is InChI=1S/C21H25F3N2O6S/c1-31-17-9-7-16(8-10-17)26(15-5-3-2-4-6-20(27)25-28)33(29,30)19-13-11-18(12-14-19)32-21(22,23)24/h7-14,28H,2-6,15H2,1H3,(H,25,27). The number of carbonyl (C=O) groups is 1. The monoisotopic (exact) mass is 490 g/mol. The van der Waals surface area contributed by atoms with E-state index in [0.29, 0.717) is 37.1 Å². The molecule has 12 heteroatoms. The van der Waals surface area contributed by atoms with Crippen LogP contribution in [0.25, 0.3) is 0 Å². The van der Waals surface area contributed by atoms with Gasteiger partial charge in [-0.15, -0.1) is 13.2 Å². The molecule has 0 saturated heterocycles. The molecule has 0 bridgehead atoms. The van der Waals surface area contributed by atoms with Crippen molar-refractivity contribution >= 4 is 21.6 Å². The van der Waals surface area contributed by atoms with Crippen LogP contribution in [-0.2, 0) is 14.8 Å². The largest absolute Gasteiger partial charge is 0.573 e. The minimum Gasteiger partial charge on any atom is -0.497 e. The molecule has 0 aliphatic heterocycles. The molecular weight excluding hydrogens is 465 g/mol. The summed E-state index contributed by atoms with van der Waals surface area (Å²) in [7, 11) is -2.61. The molecule has 8 nitrogen and oxygen atoms in total. The van der Waals surface area contributed by atoms with Crippen LogP contribution >= 0.6 is 0 Å². The zero-order chi connectivity index (χ0) is 24.5. The van der Waals surface area contributed by atoms with E-state index in [4.69, 9.17) is 9.94 Å². The molecule has 33 heavy (non-hydrogen) atoms. The zero-order valence-electron chi connectivity index (χ0n) is 17.8. The number of anilines is 1. The van der Waals surface area contributed by atoms with Crippen molar-refractivity contribution in [3.05, 3.63) is 48.5 Å². The fraction of sp³-hybridized carbons (Fsp3) is 0.381. The van der Waals surface area contributed by atoms with Gasteiger partial charge in [0.15, 0.2) is 0 Å². The van der Waals surface area contributed by atoms with Gasteiger partial charge in [-0.1, -0.05) is 12.8 Å². The summed E-state index contributed by atoms with van der Waals surface area (Å²) in [5.74, 6) is -0.480. The Morgan fingerprint density at radius 3 is 2.09 bits per heavy atom. The van der Waals surface area contributed by atoms with E-state index < -0.39 is 28.0 Å². The first-order chi connectivity index (χ1) is 15.6. The lowest BCUT2D eigenvalue weighted by Gasteiger charge is -2.25. The number of hydrogen-bond donors (Lipinski definition) is 2. The number of methoxy groups -OCH3 is 1. The third-order valence-corrected chi connectivity index (χ3v) is 6.49. The number of ether oxygens (including phenoxy) is 2. The van der Waals surface area contributed by atoms with Crippen LogP contribution in [0.5, 0.6) is 11.5 Å². The van der Waals surface area contributed by atoms with Crippen molar-refractivity contribution in [2.45, 2.75) is 43.4 Å². The highest BCUT2D eigenvalue weighted by Crippen LogP contribution is 2.29. The Morgan fingerprint density at radius 1 is 0.970 bits per heavy atom. The van der Waals surface area contributed by atoms with E-state index in [0.717, 1.165) is 24.3 Å². The normalized spacial score (nSPS) is 11.7. The zero-order valence-corrected chi connectivity index (χ0v) is 18.7. The molecule has 0 fully saturated rings. The molecule has 0 spiro atoms. The van der Waals surface area contributed by atoms with E-state index in [1.807, 2.05) is 0 Å². The van der Waals surface area contributed by atoms with Gasteiger partial charge in [0.1, 0.15) is 11.5 Å². The minimum absolute atomic E-state index is 0.113. The molecule has 0 aromatic heterocycles. The van der Waals surface area contributed by atoms with Crippen molar-refractivity contribution in [1.82, 2.24) is 5.48 Å². The highest BCUT2D eigenvalue weighted by atomic mass is 32.2. The maximum atomic E-state index is 13.3. The predicted molar refractivity (Wildman–Crippen MR) is 114 cm³/mol. The highest BCUT2D eigenvalue weighted by Gasteiger charge is 2.31. The number of halogens is 3. The number of nitrogens with zero attached hydrogens (tertiary/aromatic N) is 1. The van der Waals surface area contributed by atoms with E-state index >= 15 is 0 Å². The number of hydrogen-bond acceptors (Lipinski definition) is 6. The van der Waals surface area contributed by atoms with Crippen LogP contribution in [0.15, 0.2) is 53.4 Å². The lowest BCUT2D eigenvalue weighted by Crippen LogP contribution is -2.32. The Bertz CT molecular complexity index is 996. The van der Waals surface area contributed by atoms with Crippen molar-refractivity contribution in [2.24, 2.45) is 0 Å². The number of hydroxylamine groups is 1. The Hall–Kier alpha value is -2.99. The molecule has 2 N–H and O–H groups in total. The average molecular weight is 491 g/mol. The van der Waals surface area contributed by atoms with E-state index in [2.05, 4.69) is 4.74 Å². The number of alkyl halides is 3. The minimum atomic E-state index is -4.88. The lowest BCUT2D eigenvalue weighted by atomic mass is 10.1. The third kappa shape index (κ3) is 8.13. The first-order valence-electron chi connectivity index (χ1n) is 10.0. The van der Waals surface area contributed by atoms with Crippen LogP contribution in [0, 0.1) is 0 Å². The van der Waals surface area contributed by atoms with Crippen LogP contribution < -0.4 is 19.3 Å². The first kappa shape index (κ1) is 26.3. The van der Waals surface area contributed by atoms with Gasteiger partial charge in [-0.3, -0.25) is 14.3 Å². The summed E-state index contributed by atoms with van der Waals surface area (Å²) in [5.41, 5.74) is 1.92. The van der Waals surface area contributed by atoms with Gasteiger partial charge >= 0.3 is 6.36 Å². The van der Waals surface area contributed by atoms with Crippen LogP contribution in [-0.4, -0.2) is 39.5 Å². The Morgan fingerprint density at radius 2 is 1.55 bits per heavy atom. The number of unbranched alkanes of at least 4 members (excludes halogenated alkanes) is 3. The number of benzene rings is 2. The number of nitrogens with one attached hydrogen (secondary N) is 1. The molecule has 0 saturated carbocycles. The van der Waals surface area contributed by atoms with Gasteiger partial charge in [0.05, 0.1) is 17.7 Å². The van der Waals surface area contributed by atoms with Gasteiger partial charge in [0, 0.05) is 13.0 Å². The van der Waals surface area contributed by atoms with E-state index in [9.17, 15) is 26.4 Å². The molecule has 0 heterocycles. The topological polar surface area (TPSA) is 105 Å². The molecule has 0 radical (unpaired) electrons. The Labute approximate surface area is 189 Å². The molecule has 0 atom stereocenters. The highest BCUT2D eigenvalue weighted by molar-refractivity contribution is 7.92. The van der Waals surface area contributed by atoms with Gasteiger partial charge < -0.3 is 9.47 Å². The molecule has 0 aliphatic rings. The quantitative estimate of drug-likeness (QED) is 0.262. The lowest BCUT2D eigenvalue weighted by molar-refractivity contribution is -0.274. The summed E-state index contributed by atoms with van der Waals surface area (Å²) in [6.45, 7) is 0.113. The second-order valence-electron chi connectivity index (χ2n) is 6.99. The predicted octanol–water partition coefficient (Wildman–Crippen LogP) is 4.25. The van der Waals surface area contributed by atoms with Crippen molar-refractivity contribution in [2.75, 3.05) is 18.0 Å². The Kier molecular flexibility index (Phi) is 9.35. The summed E-state index contributed by atoms with van der Waals surface area (Å²) in [6.07, 6.45) is -2.45. The number of carbonyl (C=O) groups excluding carboxylic acids is 1. The fourth-order valence-electron chi connectivity index (χ4n) is 3.03. The second-order valence-corrected chi connectivity index (χ2v) is 8.86. The number of amides is 1. The summed E-state index contributed by atoms with van der Waals surface area (Å²) < 4.78 is 73.8. The molecule has 2 rings (SSSR count). The van der Waals surface area contributed by atoms with Gasteiger partial charge in [-0.2, -0.15) is 0 Å². The van der Waals surface area contributed by atoms with Crippen LogP contribution in [0.1, 0.15) is 32.1 Å². The molecule has 1 amide bonds. The molecule has 2 aromatic carbocycles. The molecule has 0 unspecified atom stereocenters. The van der Waals surface area contributed by atoms with Crippen LogP contribution in [0.3, 0.4) is 0 Å². The Balaban J connectivity index is 2.17. The summed E-state index contributed by atoms with van der Waals surface area (Å²) in [4.78, 5) is 10.9. The SMILES string of the molecule is COc1ccc(N(CCCCCCC(=O)NO)S(=O)(=O)c2ccc(OC(F)(F)F)cc2)cc1. The van der Waals surface area contributed by atoms with E-state index in [-0.39, 0.29) is 17.9 Å². The molecular formula is C21H25F3N2O6S. The smallest absolute Gasteiger partial charge is 0.497 e. The summed E-state index contributed by atoms with van der Waals surface area (Å²) in [5, 5.41) is 8.50. The van der Waals surface area contributed by atoms with Gasteiger partial charge in [-0.25, -0.2) is 13.9 Å². The summed E-state index contributed by atoms with van der Waals surface area (Å²) >= 11 is 0. The average Bonchev–Trinajstić information content (AvgIpc) is 2.77. The third-order valence-electron chi connectivity index (χ3n) is 4.65. The maximum absolute atomic E-state index is 13.3. The van der Waals surface area contributed by atoms with Crippen molar-refractivity contribution in [3.8, 4) is 11.5 Å². The van der Waals surface area contributed by atoms with Crippen LogP contribution in [0.2, 0.25) is 0 Å². The maximum Gasteiger partial charge on any atom is 0.573 e. The van der Waals surface area contributed by atoms with Gasteiger partial charge in [-0.05, 0) is 61.4 Å². The molecule has 0 aliphatic carbocycles. The van der Waals surface area contributed by atoms with E-state index in [1.54, 1.807) is 29.7 Å².